The maximum Gasteiger partial charge on any atom is 0.0603 e. The van der Waals surface area contributed by atoms with Gasteiger partial charge in [0.25, 0.3) is 0 Å². The Bertz CT molecular complexity index is 450. The van der Waals surface area contributed by atoms with E-state index in [1.54, 1.807) is 23.1 Å². The molecule has 1 heterocycles. The van der Waals surface area contributed by atoms with Crippen molar-refractivity contribution < 1.29 is 0 Å². The Morgan fingerprint density at radius 2 is 2.31 bits per heavy atom. The molecule has 2 N–H and O–H groups in total. The molecule has 68 valence electrons. The van der Waals surface area contributed by atoms with Gasteiger partial charge in [-0.1, -0.05) is 0 Å². The summed E-state index contributed by atoms with van der Waals surface area (Å²) in [7, 11) is 0. The lowest BCUT2D eigenvalue weighted by atomic mass is 10.2. The Hall–Kier alpha value is -0.190. The van der Waals surface area contributed by atoms with E-state index in [9.17, 15) is 0 Å². The smallest absolute Gasteiger partial charge is 0.0603 e. The van der Waals surface area contributed by atoms with Gasteiger partial charge in [0.1, 0.15) is 0 Å². The number of benzene rings is 1. The third-order valence-electron chi connectivity index (χ3n) is 1.90. The number of nitrogens with two attached hydrogens (primary N) is 1. The molecule has 0 aliphatic carbocycles. The average molecular weight is 274 g/mol. The molecule has 0 radical (unpaired) electrons. The van der Waals surface area contributed by atoms with E-state index in [-0.39, 0.29) is 0 Å². The van der Waals surface area contributed by atoms with Gasteiger partial charge < -0.3 is 5.73 Å². The van der Waals surface area contributed by atoms with Crippen LogP contribution in [0, 0.1) is 0 Å². The lowest BCUT2D eigenvalue weighted by molar-refractivity contribution is 1.53. The number of rotatable bonds is 1. The molecule has 0 unspecified atom stereocenters. The van der Waals surface area contributed by atoms with Crippen molar-refractivity contribution in [2.45, 2.75) is 4.90 Å². The first kappa shape index (κ1) is 9.37. The molecule has 2 aromatic rings. The molecular formula is C9H8BrNS2. The van der Waals surface area contributed by atoms with Crippen molar-refractivity contribution in [1.29, 1.82) is 0 Å². The zero-order valence-electron chi connectivity index (χ0n) is 7.00. The molecule has 0 aliphatic heterocycles. The van der Waals surface area contributed by atoms with Gasteiger partial charge in [0.2, 0.25) is 0 Å². The predicted molar refractivity (Wildman–Crippen MR) is 65.7 cm³/mol. The Morgan fingerprint density at radius 3 is 3.00 bits per heavy atom. The highest BCUT2D eigenvalue weighted by atomic mass is 79.9. The second-order valence-corrected chi connectivity index (χ2v) is 5.26. The predicted octanol–water partition coefficient (Wildman–Crippen LogP) is 3.97. The third-order valence-corrected chi connectivity index (χ3v) is 4.27. The number of fused-ring (bicyclic) bond motifs is 1. The first-order valence-corrected chi connectivity index (χ1v) is 6.63. The van der Waals surface area contributed by atoms with E-state index >= 15 is 0 Å². The maximum absolute atomic E-state index is 5.96. The van der Waals surface area contributed by atoms with Crippen LogP contribution in [0.25, 0.3) is 10.1 Å². The molecule has 0 fully saturated rings. The molecular weight excluding hydrogens is 266 g/mol. The Balaban J connectivity index is 2.87. The van der Waals surface area contributed by atoms with Crippen LogP contribution in [0.2, 0.25) is 0 Å². The molecule has 0 amide bonds. The first-order chi connectivity index (χ1) is 6.24. The SMILES string of the molecule is CSc1c(N)c(Br)cc2sccc12. The Morgan fingerprint density at radius 1 is 1.54 bits per heavy atom. The minimum absolute atomic E-state index is 0.846. The molecule has 2 rings (SSSR count). The monoisotopic (exact) mass is 273 g/mol. The number of halogens is 1. The highest BCUT2D eigenvalue weighted by Crippen LogP contribution is 2.39. The van der Waals surface area contributed by atoms with Gasteiger partial charge >= 0.3 is 0 Å². The van der Waals surface area contributed by atoms with E-state index in [4.69, 9.17) is 5.73 Å². The minimum atomic E-state index is 0.846. The van der Waals surface area contributed by atoms with E-state index in [0.717, 1.165) is 10.2 Å². The van der Waals surface area contributed by atoms with Crippen LogP contribution in [0.4, 0.5) is 5.69 Å². The number of nitrogen functional groups attached to an aromatic ring is 1. The highest BCUT2D eigenvalue weighted by molar-refractivity contribution is 9.10. The van der Waals surface area contributed by atoms with Gasteiger partial charge in [0.05, 0.1) is 5.69 Å². The van der Waals surface area contributed by atoms with Gasteiger partial charge in [-0.2, -0.15) is 0 Å². The van der Waals surface area contributed by atoms with E-state index < -0.39 is 0 Å². The Kier molecular flexibility index (Phi) is 2.53. The minimum Gasteiger partial charge on any atom is -0.397 e. The van der Waals surface area contributed by atoms with Crippen LogP contribution in [0.3, 0.4) is 0 Å². The fourth-order valence-corrected chi connectivity index (χ4v) is 3.62. The third kappa shape index (κ3) is 1.47. The van der Waals surface area contributed by atoms with E-state index in [1.807, 2.05) is 0 Å². The summed E-state index contributed by atoms with van der Waals surface area (Å²) in [5, 5.41) is 3.36. The molecule has 1 aromatic heterocycles. The molecule has 0 saturated heterocycles. The largest absolute Gasteiger partial charge is 0.397 e. The van der Waals surface area contributed by atoms with Crippen molar-refractivity contribution in [1.82, 2.24) is 0 Å². The normalized spacial score (nSPS) is 10.9. The fourth-order valence-electron chi connectivity index (χ4n) is 1.29. The van der Waals surface area contributed by atoms with E-state index in [0.29, 0.717) is 0 Å². The molecule has 0 saturated carbocycles. The quantitative estimate of drug-likeness (QED) is 0.629. The summed E-state index contributed by atoms with van der Waals surface area (Å²) >= 11 is 6.90. The van der Waals surface area contributed by atoms with E-state index in [1.165, 1.54) is 15.0 Å². The van der Waals surface area contributed by atoms with Crippen LogP contribution < -0.4 is 5.73 Å². The summed E-state index contributed by atoms with van der Waals surface area (Å²) in [4.78, 5) is 1.17. The van der Waals surface area contributed by atoms with Crippen LogP contribution in [-0.2, 0) is 0 Å². The number of hydrogen-bond acceptors (Lipinski definition) is 3. The molecule has 0 spiro atoms. The summed E-state index contributed by atoms with van der Waals surface area (Å²) < 4.78 is 2.28. The van der Waals surface area contributed by atoms with Crippen molar-refractivity contribution in [3.63, 3.8) is 0 Å². The van der Waals surface area contributed by atoms with Crippen molar-refractivity contribution in [2.75, 3.05) is 12.0 Å². The standard InChI is InChI=1S/C9H8BrNS2/c1-12-9-5-2-3-13-7(5)4-6(10)8(9)11/h2-4H,11H2,1H3. The first-order valence-electron chi connectivity index (χ1n) is 3.73. The number of hydrogen-bond donors (Lipinski definition) is 1. The lowest BCUT2D eigenvalue weighted by Crippen LogP contribution is -1.89. The molecule has 1 aromatic carbocycles. The summed E-state index contributed by atoms with van der Waals surface area (Å²) in [6.45, 7) is 0. The van der Waals surface area contributed by atoms with Gasteiger partial charge in [0.15, 0.2) is 0 Å². The van der Waals surface area contributed by atoms with Crippen molar-refractivity contribution >= 4 is 54.8 Å². The van der Waals surface area contributed by atoms with Gasteiger partial charge in [-0.25, -0.2) is 0 Å². The molecule has 1 nitrogen and oxygen atoms in total. The van der Waals surface area contributed by atoms with Crippen LogP contribution in [0.1, 0.15) is 0 Å². The van der Waals surface area contributed by atoms with Crippen molar-refractivity contribution in [2.24, 2.45) is 0 Å². The molecule has 13 heavy (non-hydrogen) atoms. The van der Waals surface area contributed by atoms with Gasteiger partial charge in [-0.15, -0.1) is 23.1 Å². The zero-order valence-corrected chi connectivity index (χ0v) is 10.2. The zero-order chi connectivity index (χ0) is 9.42. The van der Waals surface area contributed by atoms with Crippen LogP contribution in [-0.4, -0.2) is 6.26 Å². The van der Waals surface area contributed by atoms with Crippen molar-refractivity contribution in [3.8, 4) is 0 Å². The fraction of sp³-hybridized carbons (Fsp3) is 0.111. The van der Waals surface area contributed by atoms with E-state index in [2.05, 4.69) is 39.7 Å². The van der Waals surface area contributed by atoms with Gasteiger partial charge in [-0.3, -0.25) is 0 Å². The molecule has 0 aliphatic rings. The summed E-state index contributed by atoms with van der Waals surface area (Å²) in [6, 6.07) is 4.20. The summed E-state index contributed by atoms with van der Waals surface area (Å²) in [6.07, 6.45) is 2.05. The summed E-state index contributed by atoms with van der Waals surface area (Å²) in [5.41, 5.74) is 6.80. The number of thiophene rings is 1. The number of anilines is 1. The van der Waals surface area contributed by atoms with Crippen molar-refractivity contribution in [3.05, 3.63) is 22.0 Å². The van der Waals surface area contributed by atoms with Crippen LogP contribution >= 0.6 is 39.0 Å². The second kappa shape index (κ2) is 3.52. The number of thioether (sulfide) groups is 1. The Labute approximate surface area is 93.4 Å². The maximum atomic E-state index is 5.96. The average Bonchev–Trinajstić information content (AvgIpc) is 2.54. The lowest BCUT2D eigenvalue weighted by Gasteiger charge is -2.06. The topological polar surface area (TPSA) is 26.0 Å². The van der Waals surface area contributed by atoms with Crippen LogP contribution in [0.5, 0.6) is 0 Å². The molecule has 4 heteroatoms. The van der Waals surface area contributed by atoms with Crippen LogP contribution in [0.15, 0.2) is 26.9 Å². The molecule has 0 bridgehead atoms. The molecule has 0 atom stereocenters. The summed E-state index contributed by atoms with van der Waals surface area (Å²) in [5.74, 6) is 0. The van der Waals surface area contributed by atoms with Gasteiger partial charge in [-0.05, 0) is 39.7 Å². The van der Waals surface area contributed by atoms with Gasteiger partial charge in [0, 0.05) is 19.5 Å². The second-order valence-electron chi connectivity index (χ2n) is 2.64. The highest BCUT2D eigenvalue weighted by Gasteiger charge is 2.08.